The van der Waals surface area contributed by atoms with Gasteiger partial charge in [0.05, 0.1) is 17.6 Å². The van der Waals surface area contributed by atoms with Crippen molar-refractivity contribution in [2.24, 2.45) is 4.99 Å². The number of carbonyl (C=O) groups excluding carboxylic acids is 1. The number of ketones is 1. The Bertz CT molecular complexity index is 1300. The second-order valence-electron chi connectivity index (χ2n) is 7.20. The maximum Gasteiger partial charge on any atom is 0.200 e. The Kier molecular flexibility index (Phi) is 6.18. The van der Waals surface area contributed by atoms with E-state index in [0.29, 0.717) is 17.0 Å². The van der Waals surface area contributed by atoms with Crippen molar-refractivity contribution >= 4 is 35.1 Å². The first kappa shape index (κ1) is 21.5. The number of aromatic amines is 1. The number of hydrogen-bond acceptors (Lipinski definition) is 5. The molecule has 0 atom stereocenters. The number of carbonyl (C=O) groups is 1. The van der Waals surface area contributed by atoms with Crippen molar-refractivity contribution < 1.29 is 13.9 Å². The fourth-order valence-electron chi connectivity index (χ4n) is 3.50. The Balaban J connectivity index is 0.00000245. The summed E-state index contributed by atoms with van der Waals surface area (Å²) >= 11 is 0. The number of nitrogens with zero attached hydrogens (tertiary/aromatic N) is 2. The van der Waals surface area contributed by atoms with Gasteiger partial charge in [0.25, 0.3) is 0 Å². The topological polar surface area (TPSA) is 79.4 Å². The van der Waals surface area contributed by atoms with Crippen LogP contribution in [0.15, 0.2) is 71.7 Å². The van der Waals surface area contributed by atoms with E-state index in [4.69, 9.17) is 4.74 Å². The first-order valence-electron chi connectivity index (χ1n) is 9.97. The monoisotopic (exact) mass is 450 g/mol. The molecule has 0 bridgehead atoms. The van der Waals surface area contributed by atoms with Crippen molar-refractivity contribution in [2.45, 2.75) is 0 Å². The summed E-state index contributed by atoms with van der Waals surface area (Å²) in [5.74, 6) is 0.689. The predicted molar refractivity (Wildman–Crippen MR) is 124 cm³/mol. The van der Waals surface area contributed by atoms with E-state index >= 15 is 0 Å². The molecule has 0 saturated carbocycles. The van der Waals surface area contributed by atoms with Crippen molar-refractivity contribution in [1.29, 1.82) is 0 Å². The lowest BCUT2D eigenvalue weighted by molar-refractivity contribution is 0.0919. The van der Waals surface area contributed by atoms with Crippen LogP contribution in [0.4, 0.5) is 4.39 Å². The van der Waals surface area contributed by atoms with Gasteiger partial charge in [-0.3, -0.25) is 9.79 Å². The molecule has 8 heteroatoms. The number of ether oxygens (including phenoxy) is 1. The molecule has 0 saturated heterocycles. The number of hydrogen-bond donors (Lipinski definition) is 2. The van der Waals surface area contributed by atoms with Crippen molar-refractivity contribution in [2.75, 3.05) is 19.7 Å². The lowest BCUT2D eigenvalue weighted by Gasteiger charge is -2.07. The quantitative estimate of drug-likeness (QED) is 0.427. The van der Waals surface area contributed by atoms with Crippen LogP contribution in [0.5, 0.6) is 5.75 Å². The number of Topliss-reactive ketones (excluding diaryl/α,β-unsaturated/α-hetero) is 1. The van der Waals surface area contributed by atoms with Gasteiger partial charge in [-0.1, -0.05) is 30.3 Å². The highest BCUT2D eigenvalue weighted by Gasteiger charge is 2.14. The summed E-state index contributed by atoms with van der Waals surface area (Å²) in [4.78, 5) is 24.4. The number of H-pyrrole nitrogens is 1. The third-order valence-electron chi connectivity index (χ3n) is 5.09. The third-order valence-corrected chi connectivity index (χ3v) is 5.09. The van der Waals surface area contributed by atoms with Gasteiger partial charge in [0, 0.05) is 23.2 Å². The fourth-order valence-corrected chi connectivity index (χ4v) is 3.50. The number of fused-ring (bicyclic) bond motifs is 1. The average molecular weight is 451 g/mol. The molecule has 2 heterocycles. The molecule has 3 aromatic carbocycles. The third kappa shape index (κ3) is 4.33. The van der Waals surface area contributed by atoms with Gasteiger partial charge in [-0.15, -0.1) is 12.4 Å². The van der Waals surface area contributed by atoms with Gasteiger partial charge < -0.3 is 15.0 Å². The van der Waals surface area contributed by atoms with Gasteiger partial charge >= 0.3 is 0 Å². The van der Waals surface area contributed by atoms with E-state index in [1.807, 2.05) is 24.3 Å². The van der Waals surface area contributed by atoms with Crippen molar-refractivity contribution in [1.82, 2.24) is 15.3 Å². The Labute approximate surface area is 190 Å². The molecule has 0 radical (unpaired) electrons. The van der Waals surface area contributed by atoms with Crippen molar-refractivity contribution in [3.63, 3.8) is 0 Å². The molecule has 5 rings (SSSR count). The normalized spacial score (nSPS) is 12.7. The van der Waals surface area contributed by atoms with E-state index in [1.165, 1.54) is 12.1 Å². The molecule has 1 aromatic heterocycles. The van der Waals surface area contributed by atoms with Gasteiger partial charge in [0.1, 0.15) is 11.7 Å². The van der Waals surface area contributed by atoms with Gasteiger partial charge in [-0.25, -0.2) is 9.37 Å². The van der Waals surface area contributed by atoms with E-state index in [1.54, 1.807) is 30.3 Å². The Morgan fingerprint density at radius 2 is 1.84 bits per heavy atom. The average Bonchev–Trinajstić information content (AvgIpc) is 3.48. The molecule has 0 unspecified atom stereocenters. The van der Waals surface area contributed by atoms with Gasteiger partial charge in [-0.05, 0) is 36.4 Å². The Morgan fingerprint density at radius 3 is 2.59 bits per heavy atom. The zero-order chi connectivity index (χ0) is 21.2. The zero-order valence-electron chi connectivity index (χ0n) is 17.0. The van der Waals surface area contributed by atoms with Crippen LogP contribution in [0.1, 0.15) is 15.9 Å². The minimum atomic E-state index is -0.552. The van der Waals surface area contributed by atoms with Gasteiger partial charge in [0.2, 0.25) is 0 Å². The first-order chi connectivity index (χ1) is 15.2. The van der Waals surface area contributed by atoms with E-state index in [9.17, 15) is 9.18 Å². The lowest BCUT2D eigenvalue weighted by atomic mass is 10.1. The van der Waals surface area contributed by atoms with Crippen LogP contribution in [0.2, 0.25) is 0 Å². The standard InChI is InChI=1S/C24H19FN4O2.ClH/c25-18-12-16(7-9-22(18)31-14-21(30)15-4-2-1-3-5-15)24-28-19-8-6-17(13-20(19)29-24)23-26-10-11-27-23;/h1-9,12-13H,10-11,14H2,(H,26,27)(H,28,29);1H. The molecule has 6 nitrogen and oxygen atoms in total. The number of aromatic nitrogens is 2. The molecular weight excluding hydrogens is 431 g/mol. The Morgan fingerprint density at radius 1 is 1.03 bits per heavy atom. The number of imidazole rings is 1. The molecule has 1 aliphatic rings. The minimum absolute atomic E-state index is 0. The highest BCUT2D eigenvalue weighted by molar-refractivity contribution is 6.02. The number of benzene rings is 3. The maximum absolute atomic E-state index is 14.6. The molecule has 0 amide bonds. The van der Waals surface area contributed by atoms with Crippen molar-refractivity contribution in [3.8, 4) is 17.1 Å². The highest BCUT2D eigenvalue weighted by Crippen LogP contribution is 2.26. The summed E-state index contributed by atoms with van der Waals surface area (Å²) in [5, 5.41) is 3.25. The molecule has 32 heavy (non-hydrogen) atoms. The van der Waals surface area contributed by atoms with Crippen molar-refractivity contribution in [3.05, 3.63) is 83.7 Å². The van der Waals surface area contributed by atoms with Crippen LogP contribution < -0.4 is 10.1 Å². The summed E-state index contributed by atoms with van der Waals surface area (Å²) in [6.07, 6.45) is 0. The number of aliphatic imine (C=N–C) groups is 1. The number of rotatable bonds is 6. The highest BCUT2D eigenvalue weighted by atomic mass is 35.5. The fraction of sp³-hybridized carbons (Fsp3) is 0.125. The molecule has 1 aliphatic heterocycles. The number of halogens is 2. The molecule has 0 aliphatic carbocycles. The number of nitrogens with one attached hydrogen (secondary N) is 2. The second-order valence-corrected chi connectivity index (χ2v) is 7.20. The molecule has 0 fully saturated rings. The van der Waals surface area contributed by atoms with Crippen LogP contribution >= 0.6 is 12.4 Å². The predicted octanol–water partition coefficient (Wildman–Crippen LogP) is 4.40. The van der Waals surface area contributed by atoms with E-state index in [-0.39, 0.29) is 30.5 Å². The van der Waals surface area contributed by atoms with Crippen LogP contribution in [0, 0.1) is 5.82 Å². The maximum atomic E-state index is 14.6. The largest absolute Gasteiger partial charge is 0.482 e. The molecule has 2 N–H and O–H groups in total. The minimum Gasteiger partial charge on any atom is -0.482 e. The van der Waals surface area contributed by atoms with Crippen LogP contribution in [0.3, 0.4) is 0 Å². The van der Waals surface area contributed by atoms with E-state index < -0.39 is 5.82 Å². The Hall–Kier alpha value is -3.71. The molecule has 4 aromatic rings. The smallest absolute Gasteiger partial charge is 0.200 e. The summed E-state index contributed by atoms with van der Waals surface area (Å²) in [6.45, 7) is 1.38. The summed E-state index contributed by atoms with van der Waals surface area (Å²) in [5.41, 5.74) is 3.73. The summed E-state index contributed by atoms with van der Waals surface area (Å²) in [7, 11) is 0. The van der Waals surface area contributed by atoms with Crippen LogP contribution in [0.25, 0.3) is 22.4 Å². The molecule has 162 valence electrons. The van der Waals surface area contributed by atoms with Gasteiger partial charge in [-0.2, -0.15) is 0 Å². The van der Waals surface area contributed by atoms with Gasteiger partial charge in [0.15, 0.2) is 24.0 Å². The SMILES string of the molecule is Cl.O=C(COc1ccc(-c2nc3ccc(C4=NCCN4)cc3[nH]2)cc1F)c1ccccc1. The number of amidine groups is 1. The zero-order valence-corrected chi connectivity index (χ0v) is 17.8. The first-order valence-corrected chi connectivity index (χ1v) is 9.97. The van der Waals surface area contributed by atoms with Crippen LogP contribution in [-0.2, 0) is 0 Å². The summed E-state index contributed by atoms with van der Waals surface area (Å²) in [6, 6.07) is 19.2. The second kappa shape index (κ2) is 9.20. The van der Waals surface area contributed by atoms with Crippen LogP contribution in [-0.4, -0.2) is 41.3 Å². The molecule has 0 spiro atoms. The summed E-state index contributed by atoms with van der Waals surface area (Å²) < 4.78 is 20.0. The van der Waals surface area contributed by atoms with E-state index in [2.05, 4.69) is 20.3 Å². The van der Waals surface area contributed by atoms with E-state index in [0.717, 1.165) is 35.5 Å². The lowest BCUT2D eigenvalue weighted by Crippen LogP contribution is -2.19. The molecular formula is C24H20ClFN4O2.